The van der Waals surface area contributed by atoms with Crippen LogP contribution in [-0.4, -0.2) is 43.5 Å². The van der Waals surface area contributed by atoms with Gasteiger partial charge in [-0.25, -0.2) is 8.78 Å². The van der Waals surface area contributed by atoms with Gasteiger partial charge in [-0.15, -0.1) is 0 Å². The van der Waals surface area contributed by atoms with E-state index in [-0.39, 0.29) is 6.54 Å². The lowest BCUT2D eigenvalue weighted by Crippen LogP contribution is -2.43. The van der Waals surface area contributed by atoms with Crippen LogP contribution in [0.4, 0.5) is 14.5 Å². The monoisotopic (exact) mass is 327 g/mol. The zero-order valence-electron chi connectivity index (χ0n) is 12.7. The van der Waals surface area contributed by atoms with Crippen LogP contribution in [0.1, 0.15) is 13.3 Å². The first-order valence-corrected chi connectivity index (χ1v) is 7.31. The van der Waals surface area contributed by atoms with E-state index in [1.54, 1.807) is 24.3 Å². The third-order valence-corrected chi connectivity index (χ3v) is 3.30. The Kier molecular flexibility index (Phi) is 5.49. The Hall–Kier alpha value is -2.22. The van der Waals surface area contributed by atoms with E-state index in [0.29, 0.717) is 18.0 Å². The SMILES string of the molecule is CCOc1ccc(NC(=O)CNC(=O)C2CC(F)(F)CN2)cc1. The molecular formula is C15H19F2N3O3. The Morgan fingerprint density at radius 2 is 2.04 bits per heavy atom. The maximum absolute atomic E-state index is 13.0. The molecule has 0 aliphatic carbocycles. The lowest BCUT2D eigenvalue weighted by Gasteiger charge is -2.11. The number of benzene rings is 1. The van der Waals surface area contributed by atoms with Crippen molar-refractivity contribution in [2.24, 2.45) is 0 Å². The predicted octanol–water partition coefficient (Wildman–Crippen LogP) is 1.14. The summed E-state index contributed by atoms with van der Waals surface area (Å²) in [6.45, 7) is 1.61. The summed E-state index contributed by atoms with van der Waals surface area (Å²) in [4.78, 5) is 23.4. The Morgan fingerprint density at radius 3 is 2.61 bits per heavy atom. The van der Waals surface area contributed by atoms with Crippen molar-refractivity contribution in [1.82, 2.24) is 10.6 Å². The van der Waals surface area contributed by atoms with E-state index < -0.39 is 36.7 Å². The Balaban J connectivity index is 1.75. The molecule has 1 heterocycles. The molecule has 0 aromatic heterocycles. The number of rotatable bonds is 6. The number of hydrogen-bond acceptors (Lipinski definition) is 4. The number of ether oxygens (including phenoxy) is 1. The molecule has 1 aliphatic heterocycles. The predicted molar refractivity (Wildman–Crippen MR) is 80.6 cm³/mol. The number of nitrogens with one attached hydrogen (secondary N) is 3. The average Bonchev–Trinajstić information content (AvgIpc) is 2.87. The third kappa shape index (κ3) is 5.17. The molecule has 0 spiro atoms. The molecule has 0 bridgehead atoms. The molecule has 1 saturated heterocycles. The first-order valence-electron chi connectivity index (χ1n) is 7.31. The van der Waals surface area contributed by atoms with Crippen molar-refractivity contribution in [2.45, 2.75) is 25.3 Å². The molecule has 0 radical (unpaired) electrons. The van der Waals surface area contributed by atoms with Crippen LogP contribution >= 0.6 is 0 Å². The molecule has 1 atom stereocenters. The molecule has 1 aromatic carbocycles. The number of carbonyl (C=O) groups is 2. The summed E-state index contributed by atoms with van der Waals surface area (Å²) in [7, 11) is 0. The van der Waals surface area contributed by atoms with E-state index in [2.05, 4.69) is 16.0 Å². The smallest absolute Gasteiger partial charge is 0.262 e. The second-order valence-corrected chi connectivity index (χ2v) is 5.22. The maximum atomic E-state index is 13.0. The number of anilines is 1. The van der Waals surface area contributed by atoms with Crippen molar-refractivity contribution in [1.29, 1.82) is 0 Å². The fraction of sp³-hybridized carbons (Fsp3) is 0.467. The van der Waals surface area contributed by atoms with Gasteiger partial charge in [0, 0.05) is 12.1 Å². The fourth-order valence-electron chi connectivity index (χ4n) is 2.20. The molecule has 126 valence electrons. The molecule has 0 saturated carbocycles. The number of carbonyl (C=O) groups excluding carboxylic acids is 2. The van der Waals surface area contributed by atoms with E-state index in [1.807, 2.05) is 6.92 Å². The summed E-state index contributed by atoms with van der Waals surface area (Å²) in [6, 6.07) is 5.79. The summed E-state index contributed by atoms with van der Waals surface area (Å²) in [5, 5.41) is 7.37. The molecule has 1 aromatic rings. The Morgan fingerprint density at radius 1 is 1.35 bits per heavy atom. The molecule has 2 rings (SSSR count). The number of halogens is 2. The van der Waals surface area contributed by atoms with Crippen LogP contribution in [0.15, 0.2) is 24.3 Å². The fourth-order valence-corrected chi connectivity index (χ4v) is 2.20. The highest BCUT2D eigenvalue weighted by atomic mass is 19.3. The van der Waals surface area contributed by atoms with Gasteiger partial charge in [-0.2, -0.15) is 0 Å². The maximum Gasteiger partial charge on any atom is 0.262 e. The van der Waals surface area contributed by atoms with Gasteiger partial charge in [0.05, 0.1) is 25.7 Å². The van der Waals surface area contributed by atoms with Crippen LogP contribution in [0, 0.1) is 0 Å². The first-order chi connectivity index (χ1) is 10.9. The van der Waals surface area contributed by atoms with Crippen molar-refractivity contribution < 1.29 is 23.1 Å². The van der Waals surface area contributed by atoms with Gasteiger partial charge in [0.15, 0.2) is 0 Å². The summed E-state index contributed by atoms with van der Waals surface area (Å²) >= 11 is 0. The lowest BCUT2D eigenvalue weighted by molar-refractivity contribution is -0.125. The number of amides is 2. The molecule has 1 unspecified atom stereocenters. The summed E-state index contributed by atoms with van der Waals surface area (Å²) in [6.07, 6.45) is -0.556. The van der Waals surface area contributed by atoms with Crippen molar-refractivity contribution in [3.05, 3.63) is 24.3 Å². The van der Waals surface area contributed by atoms with Crippen LogP contribution < -0.4 is 20.7 Å². The average molecular weight is 327 g/mol. The van der Waals surface area contributed by atoms with Gasteiger partial charge in [-0.3, -0.25) is 14.9 Å². The summed E-state index contributed by atoms with van der Waals surface area (Å²) in [5.41, 5.74) is 0.554. The van der Waals surface area contributed by atoms with E-state index in [4.69, 9.17) is 4.74 Å². The van der Waals surface area contributed by atoms with E-state index in [9.17, 15) is 18.4 Å². The second kappa shape index (κ2) is 7.36. The topological polar surface area (TPSA) is 79.5 Å². The van der Waals surface area contributed by atoms with Gasteiger partial charge in [-0.1, -0.05) is 0 Å². The van der Waals surface area contributed by atoms with Crippen LogP contribution in [0.25, 0.3) is 0 Å². The van der Waals surface area contributed by atoms with Crippen molar-refractivity contribution >= 4 is 17.5 Å². The third-order valence-electron chi connectivity index (χ3n) is 3.30. The van der Waals surface area contributed by atoms with Gasteiger partial charge in [0.25, 0.3) is 5.92 Å². The Labute approximate surface area is 132 Å². The Bertz CT molecular complexity index is 564. The van der Waals surface area contributed by atoms with E-state index in [1.165, 1.54) is 0 Å². The zero-order valence-corrected chi connectivity index (χ0v) is 12.7. The van der Waals surface area contributed by atoms with Crippen LogP contribution in [0.3, 0.4) is 0 Å². The first kappa shape index (κ1) is 17.1. The molecule has 1 aliphatic rings. The summed E-state index contributed by atoms with van der Waals surface area (Å²) in [5.74, 6) is -3.24. The zero-order chi connectivity index (χ0) is 16.9. The quantitative estimate of drug-likeness (QED) is 0.732. The highest BCUT2D eigenvalue weighted by molar-refractivity contribution is 5.95. The van der Waals surface area contributed by atoms with Crippen LogP contribution in [-0.2, 0) is 9.59 Å². The van der Waals surface area contributed by atoms with Gasteiger partial charge in [0.2, 0.25) is 11.8 Å². The van der Waals surface area contributed by atoms with Crippen molar-refractivity contribution in [2.75, 3.05) is 25.0 Å². The van der Waals surface area contributed by atoms with E-state index >= 15 is 0 Å². The molecule has 8 heteroatoms. The van der Waals surface area contributed by atoms with Crippen LogP contribution in [0.5, 0.6) is 5.75 Å². The highest BCUT2D eigenvalue weighted by Gasteiger charge is 2.42. The normalized spacial score (nSPS) is 19.2. The minimum Gasteiger partial charge on any atom is -0.494 e. The van der Waals surface area contributed by atoms with Crippen molar-refractivity contribution in [3.8, 4) is 5.75 Å². The second-order valence-electron chi connectivity index (χ2n) is 5.22. The standard InChI is InChI=1S/C15H19F2N3O3/c1-2-23-11-5-3-10(4-6-11)20-13(21)8-18-14(22)12-7-15(16,17)9-19-12/h3-6,12,19H,2,7-9H2,1H3,(H,18,22)(H,20,21). The molecule has 23 heavy (non-hydrogen) atoms. The minimum absolute atomic E-state index is 0.282. The molecular weight excluding hydrogens is 308 g/mol. The van der Waals surface area contributed by atoms with Gasteiger partial charge < -0.3 is 15.4 Å². The highest BCUT2D eigenvalue weighted by Crippen LogP contribution is 2.24. The minimum atomic E-state index is -2.88. The van der Waals surface area contributed by atoms with Crippen molar-refractivity contribution in [3.63, 3.8) is 0 Å². The molecule has 2 amide bonds. The largest absolute Gasteiger partial charge is 0.494 e. The van der Waals surface area contributed by atoms with Gasteiger partial charge in [0.1, 0.15) is 5.75 Å². The molecule has 1 fully saturated rings. The van der Waals surface area contributed by atoms with E-state index in [0.717, 1.165) is 0 Å². The van der Waals surface area contributed by atoms with Gasteiger partial charge in [-0.05, 0) is 31.2 Å². The number of alkyl halides is 2. The van der Waals surface area contributed by atoms with Gasteiger partial charge >= 0.3 is 0 Å². The lowest BCUT2D eigenvalue weighted by atomic mass is 10.2. The number of hydrogen-bond donors (Lipinski definition) is 3. The summed E-state index contributed by atoms with van der Waals surface area (Å²) < 4.78 is 31.3. The van der Waals surface area contributed by atoms with Crippen LogP contribution in [0.2, 0.25) is 0 Å². The molecule has 3 N–H and O–H groups in total. The molecule has 6 nitrogen and oxygen atoms in total.